The van der Waals surface area contributed by atoms with Crippen molar-refractivity contribution in [2.45, 2.75) is 13.5 Å². The Labute approximate surface area is 110 Å². The van der Waals surface area contributed by atoms with Crippen molar-refractivity contribution in [1.82, 2.24) is 14.8 Å². The summed E-state index contributed by atoms with van der Waals surface area (Å²) in [5.41, 5.74) is 12.6. The Morgan fingerprint density at radius 2 is 2.26 bits per heavy atom. The molecule has 100 valence electrons. The van der Waals surface area contributed by atoms with Crippen LogP contribution in [0.5, 0.6) is 0 Å². The quantitative estimate of drug-likeness (QED) is 0.719. The molecule has 1 amide bonds. The molecule has 0 saturated carbocycles. The van der Waals surface area contributed by atoms with E-state index in [0.29, 0.717) is 24.6 Å². The number of pyridine rings is 1. The lowest BCUT2D eigenvalue weighted by atomic mass is 10.2. The van der Waals surface area contributed by atoms with E-state index in [4.69, 9.17) is 11.5 Å². The predicted molar refractivity (Wildman–Crippen MR) is 72.6 cm³/mol. The first-order chi connectivity index (χ1) is 9.06. The summed E-state index contributed by atoms with van der Waals surface area (Å²) in [4.78, 5) is 15.3. The first kappa shape index (κ1) is 12.9. The van der Waals surface area contributed by atoms with E-state index < -0.39 is 5.91 Å². The second-order valence-electron chi connectivity index (χ2n) is 4.24. The summed E-state index contributed by atoms with van der Waals surface area (Å²) in [6.45, 7) is 3.22. The highest BCUT2D eigenvalue weighted by Crippen LogP contribution is 2.14. The minimum absolute atomic E-state index is 0.289. The number of hydrogen-bond acceptors (Lipinski definition) is 5. The predicted octanol–water partition coefficient (Wildman–Crippen LogP) is 0.380. The molecule has 0 radical (unpaired) electrons. The zero-order chi connectivity index (χ0) is 13.8. The average molecular weight is 260 g/mol. The molecule has 7 heteroatoms. The van der Waals surface area contributed by atoms with Gasteiger partial charge in [0.25, 0.3) is 5.91 Å². The summed E-state index contributed by atoms with van der Waals surface area (Å²) in [7, 11) is 0. The molecule has 0 aromatic carbocycles. The van der Waals surface area contributed by atoms with Crippen molar-refractivity contribution in [3.63, 3.8) is 0 Å². The van der Waals surface area contributed by atoms with Crippen LogP contribution in [0.4, 0.5) is 11.5 Å². The Morgan fingerprint density at radius 3 is 2.89 bits per heavy atom. The molecule has 19 heavy (non-hydrogen) atoms. The van der Waals surface area contributed by atoms with Crippen molar-refractivity contribution < 1.29 is 4.79 Å². The molecule has 0 unspecified atom stereocenters. The molecule has 7 nitrogen and oxygen atoms in total. The first-order valence-electron chi connectivity index (χ1n) is 5.84. The van der Waals surface area contributed by atoms with Crippen LogP contribution >= 0.6 is 0 Å². The van der Waals surface area contributed by atoms with Gasteiger partial charge in [-0.1, -0.05) is 0 Å². The van der Waals surface area contributed by atoms with Gasteiger partial charge in [-0.15, -0.1) is 0 Å². The van der Waals surface area contributed by atoms with Crippen LogP contribution in [0.3, 0.4) is 0 Å². The molecule has 0 fully saturated rings. The Bertz CT molecular complexity index is 592. The highest BCUT2D eigenvalue weighted by Gasteiger charge is 2.09. The number of hydrogen-bond donors (Lipinski definition) is 3. The number of anilines is 2. The van der Waals surface area contributed by atoms with Crippen molar-refractivity contribution in [2.24, 2.45) is 5.73 Å². The summed E-state index contributed by atoms with van der Waals surface area (Å²) in [6, 6.07) is 1.51. The summed E-state index contributed by atoms with van der Waals surface area (Å²) in [5, 5.41) is 7.21. The fourth-order valence-electron chi connectivity index (χ4n) is 1.69. The van der Waals surface area contributed by atoms with Crippen LogP contribution in [0.1, 0.15) is 15.9 Å². The molecule has 2 aromatic heterocycles. The number of rotatable bonds is 5. The van der Waals surface area contributed by atoms with Crippen LogP contribution in [0.25, 0.3) is 0 Å². The van der Waals surface area contributed by atoms with Crippen molar-refractivity contribution in [1.29, 1.82) is 0 Å². The fourth-order valence-corrected chi connectivity index (χ4v) is 1.69. The normalized spacial score (nSPS) is 10.4. The molecule has 2 rings (SSSR count). The van der Waals surface area contributed by atoms with E-state index in [-0.39, 0.29) is 5.56 Å². The molecule has 0 aliphatic heterocycles. The van der Waals surface area contributed by atoms with Gasteiger partial charge in [0.15, 0.2) is 0 Å². The van der Waals surface area contributed by atoms with Gasteiger partial charge < -0.3 is 16.8 Å². The van der Waals surface area contributed by atoms with Gasteiger partial charge in [0.05, 0.1) is 30.2 Å². The zero-order valence-corrected chi connectivity index (χ0v) is 10.6. The average Bonchev–Trinajstić information content (AvgIpc) is 2.77. The first-order valence-corrected chi connectivity index (χ1v) is 5.84. The van der Waals surface area contributed by atoms with Crippen LogP contribution in [0, 0.1) is 6.92 Å². The van der Waals surface area contributed by atoms with Crippen molar-refractivity contribution in [3.05, 3.63) is 35.8 Å². The molecular weight excluding hydrogens is 244 g/mol. The number of nitrogens with zero attached hydrogens (tertiary/aromatic N) is 3. The molecule has 5 N–H and O–H groups in total. The number of aryl methyl sites for hydroxylation is 1. The number of primary amides is 1. The standard InChI is InChI=1S/C12H16N6O/c1-8-5-17-18(7-8)3-2-15-12-10(11(14)19)4-9(13)6-16-12/h4-7H,2-3,13H2,1H3,(H2,14,19)(H,15,16). The van der Waals surface area contributed by atoms with Crippen LogP contribution in [0.15, 0.2) is 24.7 Å². The third-order valence-electron chi connectivity index (χ3n) is 2.57. The summed E-state index contributed by atoms with van der Waals surface area (Å²) >= 11 is 0. The second-order valence-corrected chi connectivity index (χ2v) is 4.24. The van der Waals surface area contributed by atoms with E-state index in [1.54, 1.807) is 6.20 Å². The minimum Gasteiger partial charge on any atom is -0.397 e. The van der Waals surface area contributed by atoms with Gasteiger partial charge in [-0.2, -0.15) is 5.10 Å². The number of carbonyl (C=O) groups excluding carboxylic acids is 1. The SMILES string of the molecule is Cc1cnn(CCNc2ncc(N)cc2C(N)=O)c1. The van der Waals surface area contributed by atoms with Gasteiger partial charge in [0.1, 0.15) is 5.82 Å². The largest absolute Gasteiger partial charge is 0.397 e. The van der Waals surface area contributed by atoms with E-state index in [1.165, 1.54) is 12.3 Å². The molecule has 2 heterocycles. The topological polar surface area (TPSA) is 112 Å². The summed E-state index contributed by atoms with van der Waals surface area (Å²) in [5.74, 6) is -0.122. The van der Waals surface area contributed by atoms with Gasteiger partial charge in [-0.3, -0.25) is 9.48 Å². The lowest BCUT2D eigenvalue weighted by Crippen LogP contribution is -2.18. The summed E-state index contributed by atoms with van der Waals surface area (Å²) < 4.78 is 1.81. The third-order valence-corrected chi connectivity index (χ3v) is 2.57. The molecular formula is C12H16N6O. The van der Waals surface area contributed by atoms with Crippen LogP contribution in [-0.2, 0) is 6.54 Å². The van der Waals surface area contributed by atoms with Gasteiger partial charge in [-0.25, -0.2) is 4.98 Å². The molecule has 0 spiro atoms. The maximum Gasteiger partial charge on any atom is 0.252 e. The van der Waals surface area contributed by atoms with Gasteiger partial charge in [0.2, 0.25) is 0 Å². The number of nitrogens with two attached hydrogens (primary N) is 2. The Hall–Kier alpha value is -2.57. The van der Waals surface area contributed by atoms with Crippen LogP contribution in [0.2, 0.25) is 0 Å². The second kappa shape index (κ2) is 5.38. The van der Waals surface area contributed by atoms with Gasteiger partial charge in [0, 0.05) is 12.7 Å². The summed E-state index contributed by atoms with van der Waals surface area (Å²) in [6.07, 6.45) is 5.20. The van der Waals surface area contributed by atoms with E-state index in [9.17, 15) is 4.79 Å². The van der Waals surface area contributed by atoms with Crippen LogP contribution in [-0.4, -0.2) is 27.2 Å². The smallest absolute Gasteiger partial charge is 0.252 e. The molecule has 0 atom stereocenters. The highest BCUT2D eigenvalue weighted by atomic mass is 16.1. The van der Waals surface area contributed by atoms with E-state index in [0.717, 1.165) is 5.56 Å². The molecule has 0 aliphatic carbocycles. The third kappa shape index (κ3) is 3.21. The Morgan fingerprint density at radius 1 is 1.47 bits per heavy atom. The number of aromatic nitrogens is 3. The van der Waals surface area contributed by atoms with Crippen molar-refractivity contribution >= 4 is 17.4 Å². The number of nitrogens with one attached hydrogen (secondary N) is 1. The van der Waals surface area contributed by atoms with Crippen molar-refractivity contribution in [3.8, 4) is 0 Å². The highest BCUT2D eigenvalue weighted by molar-refractivity contribution is 5.98. The van der Waals surface area contributed by atoms with E-state index in [2.05, 4.69) is 15.4 Å². The molecule has 0 saturated heterocycles. The van der Waals surface area contributed by atoms with Gasteiger partial charge in [-0.05, 0) is 18.6 Å². The van der Waals surface area contributed by atoms with Crippen molar-refractivity contribution in [2.75, 3.05) is 17.6 Å². The van der Waals surface area contributed by atoms with Gasteiger partial charge >= 0.3 is 0 Å². The lowest BCUT2D eigenvalue weighted by Gasteiger charge is -2.09. The van der Waals surface area contributed by atoms with E-state index >= 15 is 0 Å². The number of carbonyl (C=O) groups is 1. The monoisotopic (exact) mass is 260 g/mol. The number of nitrogen functional groups attached to an aromatic ring is 1. The fraction of sp³-hybridized carbons (Fsp3) is 0.250. The van der Waals surface area contributed by atoms with E-state index in [1.807, 2.05) is 17.8 Å². The zero-order valence-electron chi connectivity index (χ0n) is 10.6. The molecule has 0 aliphatic rings. The Balaban J connectivity index is 2.01. The minimum atomic E-state index is -0.558. The maximum absolute atomic E-state index is 11.3. The lowest BCUT2D eigenvalue weighted by molar-refractivity contribution is 0.100. The van der Waals surface area contributed by atoms with Crippen LogP contribution < -0.4 is 16.8 Å². The Kier molecular flexibility index (Phi) is 3.65. The molecule has 2 aromatic rings. The molecule has 0 bridgehead atoms. The maximum atomic E-state index is 11.3. The number of amides is 1.